The second-order valence-corrected chi connectivity index (χ2v) is 10.5. The van der Waals surface area contributed by atoms with Crippen LogP contribution < -0.4 is 19.1 Å². The van der Waals surface area contributed by atoms with Gasteiger partial charge in [0.05, 0.1) is 11.9 Å². The molecule has 0 saturated heterocycles. The monoisotopic (exact) mass is 503 g/mol. The lowest BCUT2D eigenvalue weighted by Crippen LogP contribution is -2.47. The summed E-state index contributed by atoms with van der Waals surface area (Å²) in [5, 5.41) is 2.77. The SMILES string of the molecule is CCNC(=O)[C@H](C)N(Cc1cccc(C)c1)C(=O)CCCN(c1ccc2c(c1)OCO2)S(C)(=O)=O. The number of nitrogens with one attached hydrogen (secondary N) is 1. The molecule has 0 aliphatic carbocycles. The number of sulfonamides is 1. The normalized spacial score (nSPS) is 13.3. The third-order valence-electron chi connectivity index (χ3n) is 5.75. The smallest absolute Gasteiger partial charge is 0.242 e. The molecule has 190 valence electrons. The standard InChI is InChI=1S/C25H33N3O6S/c1-5-26-25(30)19(3)27(16-20-9-6-8-18(2)14-20)24(29)10-7-13-28(35(4,31)32)21-11-12-22-23(15-21)34-17-33-22/h6,8-9,11-12,14-15,19H,5,7,10,13,16-17H2,1-4H3,(H,26,30)/t19-/m0/s1. The number of amides is 2. The molecule has 0 bridgehead atoms. The quantitative estimate of drug-likeness (QED) is 0.506. The van der Waals surface area contributed by atoms with Crippen LogP contribution in [0.2, 0.25) is 0 Å². The summed E-state index contributed by atoms with van der Waals surface area (Å²) in [5.74, 6) is 0.590. The van der Waals surface area contributed by atoms with Crippen molar-refractivity contribution in [3.8, 4) is 11.5 Å². The summed E-state index contributed by atoms with van der Waals surface area (Å²) in [4.78, 5) is 27.3. The van der Waals surface area contributed by atoms with Crippen molar-refractivity contribution in [3.05, 3.63) is 53.6 Å². The number of likely N-dealkylation sites (N-methyl/N-ethyl adjacent to an activating group) is 1. The van der Waals surface area contributed by atoms with Gasteiger partial charge in [0.15, 0.2) is 11.5 Å². The van der Waals surface area contributed by atoms with E-state index in [-0.39, 0.29) is 44.5 Å². The molecule has 10 heteroatoms. The van der Waals surface area contributed by atoms with E-state index in [2.05, 4.69) is 5.32 Å². The average Bonchev–Trinajstić information content (AvgIpc) is 3.27. The molecule has 0 fully saturated rings. The van der Waals surface area contributed by atoms with E-state index in [9.17, 15) is 18.0 Å². The summed E-state index contributed by atoms with van der Waals surface area (Å²) < 4.78 is 36.9. The van der Waals surface area contributed by atoms with Gasteiger partial charge in [-0.2, -0.15) is 0 Å². The van der Waals surface area contributed by atoms with E-state index in [1.54, 1.807) is 30.0 Å². The lowest BCUT2D eigenvalue weighted by Gasteiger charge is -2.29. The number of hydrogen-bond donors (Lipinski definition) is 1. The van der Waals surface area contributed by atoms with Gasteiger partial charge in [0.25, 0.3) is 0 Å². The Bertz CT molecular complexity index is 1170. The fraction of sp³-hybridized carbons (Fsp3) is 0.440. The molecule has 35 heavy (non-hydrogen) atoms. The molecule has 0 unspecified atom stereocenters. The highest BCUT2D eigenvalue weighted by molar-refractivity contribution is 7.92. The lowest BCUT2D eigenvalue weighted by atomic mass is 10.1. The third-order valence-corrected chi connectivity index (χ3v) is 6.94. The van der Waals surface area contributed by atoms with Crippen LogP contribution in [0.1, 0.15) is 37.8 Å². The largest absolute Gasteiger partial charge is 0.454 e. The summed E-state index contributed by atoms with van der Waals surface area (Å²) in [6.07, 6.45) is 1.50. The van der Waals surface area contributed by atoms with Crippen molar-refractivity contribution in [2.45, 2.75) is 46.2 Å². The minimum Gasteiger partial charge on any atom is -0.454 e. The molecule has 1 aliphatic rings. The van der Waals surface area contributed by atoms with E-state index in [4.69, 9.17) is 9.47 Å². The average molecular weight is 504 g/mol. The Kier molecular flexibility index (Phi) is 8.61. The van der Waals surface area contributed by atoms with Gasteiger partial charge in [-0.25, -0.2) is 8.42 Å². The Morgan fingerprint density at radius 3 is 2.54 bits per heavy atom. The van der Waals surface area contributed by atoms with Crippen LogP contribution in [0.15, 0.2) is 42.5 Å². The zero-order valence-corrected chi connectivity index (χ0v) is 21.4. The number of hydrogen-bond acceptors (Lipinski definition) is 6. The van der Waals surface area contributed by atoms with E-state index in [1.165, 1.54) is 4.31 Å². The number of benzene rings is 2. The van der Waals surface area contributed by atoms with E-state index < -0.39 is 16.1 Å². The maximum absolute atomic E-state index is 13.2. The minimum atomic E-state index is -3.60. The number of rotatable bonds is 11. The first-order chi connectivity index (χ1) is 16.6. The van der Waals surface area contributed by atoms with Crippen LogP contribution in [0.25, 0.3) is 0 Å². The summed E-state index contributed by atoms with van der Waals surface area (Å²) in [7, 11) is -3.60. The molecule has 3 rings (SSSR count). The molecule has 0 radical (unpaired) electrons. The summed E-state index contributed by atoms with van der Waals surface area (Å²) in [6.45, 7) is 6.45. The number of aryl methyl sites for hydroxylation is 1. The van der Waals surface area contributed by atoms with Crippen molar-refractivity contribution in [3.63, 3.8) is 0 Å². The topological polar surface area (TPSA) is 105 Å². The Hall–Kier alpha value is -3.27. The molecule has 2 amide bonds. The van der Waals surface area contributed by atoms with E-state index in [0.717, 1.165) is 17.4 Å². The fourth-order valence-corrected chi connectivity index (χ4v) is 4.91. The molecule has 9 nitrogen and oxygen atoms in total. The van der Waals surface area contributed by atoms with Gasteiger partial charge in [-0.3, -0.25) is 13.9 Å². The van der Waals surface area contributed by atoms with Crippen molar-refractivity contribution in [2.75, 3.05) is 30.4 Å². The van der Waals surface area contributed by atoms with Crippen molar-refractivity contribution in [2.24, 2.45) is 0 Å². The van der Waals surface area contributed by atoms with Crippen molar-refractivity contribution >= 4 is 27.5 Å². The molecular weight excluding hydrogens is 470 g/mol. The predicted molar refractivity (Wildman–Crippen MR) is 134 cm³/mol. The van der Waals surface area contributed by atoms with Gasteiger partial charge in [0, 0.05) is 32.1 Å². The zero-order valence-electron chi connectivity index (χ0n) is 20.6. The van der Waals surface area contributed by atoms with Crippen LogP contribution in [0.5, 0.6) is 11.5 Å². The van der Waals surface area contributed by atoms with Gasteiger partial charge in [-0.15, -0.1) is 0 Å². The minimum absolute atomic E-state index is 0.0894. The number of ether oxygens (including phenoxy) is 2. The van der Waals surface area contributed by atoms with Crippen LogP contribution in [0, 0.1) is 6.92 Å². The molecular formula is C25H33N3O6S. The summed E-state index contributed by atoms with van der Waals surface area (Å²) in [5.41, 5.74) is 2.43. The summed E-state index contributed by atoms with van der Waals surface area (Å²) in [6, 6.07) is 12.1. The highest BCUT2D eigenvalue weighted by Gasteiger charge is 2.27. The highest BCUT2D eigenvalue weighted by atomic mass is 32.2. The summed E-state index contributed by atoms with van der Waals surface area (Å²) >= 11 is 0. The molecule has 1 heterocycles. The predicted octanol–water partition coefficient (Wildman–Crippen LogP) is 2.82. The second-order valence-electron chi connectivity index (χ2n) is 8.56. The first-order valence-electron chi connectivity index (χ1n) is 11.6. The number of nitrogens with zero attached hydrogens (tertiary/aromatic N) is 2. The Labute approximate surface area is 207 Å². The Balaban J connectivity index is 1.72. The molecule has 0 aromatic heterocycles. The first kappa shape index (κ1) is 26.3. The van der Waals surface area contributed by atoms with Gasteiger partial charge in [0.1, 0.15) is 6.04 Å². The van der Waals surface area contributed by atoms with E-state index in [1.807, 2.05) is 38.1 Å². The van der Waals surface area contributed by atoms with Crippen molar-refractivity contribution in [1.82, 2.24) is 10.2 Å². The molecule has 1 N–H and O–H groups in total. The van der Waals surface area contributed by atoms with Gasteiger partial charge < -0.3 is 19.7 Å². The van der Waals surface area contributed by atoms with Gasteiger partial charge >= 0.3 is 0 Å². The van der Waals surface area contributed by atoms with E-state index in [0.29, 0.717) is 23.7 Å². The van der Waals surface area contributed by atoms with Crippen LogP contribution in [-0.4, -0.2) is 57.3 Å². The van der Waals surface area contributed by atoms with Gasteiger partial charge in [0.2, 0.25) is 28.6 Å². The first-order valence-corrected chi connectivity index (χ1v) is 13.4. The highest BCUT2D eigenvalue weighted by Crippen LogP contribution is 2.36. The fourth-order valence-electron chi connectivity index (χ4n) is 3.96. The lowest BCUT2D eigenvalue weighted by molar-refractivity contribution is -0.140. The number of fused-ring (bicyclic) bond motifs is 1. The maximum atomic E-state index is 13.2. The van der Waals surface area contributed by atoms with Crippen LogP contribution in [-0.2, 0) is 26.2 Å². The third kappa shape index (κ3) is 6.88. The van der Waals surface area contributed by atoms with Crippen LogP contribution >= 0.6 is 0 Å². The van der Waals surface area contributed by atoms with Crippen molar-refractivity contribution in [1.29, 1.82) is 0 Å². The Morgan fingerprint density at radius 2 is 1.86 bits per heavy atom. The molecule has 2 aromatic rings. The molecule has 0 saturated carbocycles. The molecule has 1 atom stereocenters. The maximum Gasteiger partial charge on any atom is 0.242 e. The van der Waals surface area contributed by atoms with Gasteiger partial charge in [-0.1, -0.05) is 29.8 Å². The van der Waals surface area contributed by atoms with Gasteiger partial charge in [-0.05, 0) is 44.9 Å². The number of anilines is 1. The zero-order chi connectivity index (χ0) is 25.6. The van der Waals surface area contributed by atoms with Crippen LogP contribution in [0.4, 0.5) is 5.69 Å². The molecule has 0 spiro atoms. The van der Waals surface area contributed by atoms with Crippen molar-refractivity contribution < 1.29 is 27.5 Å². The second kappa shape index (κ2) is 11.4. The van der Waals surface area contributed by atoms with E-state index >= 15 is 0 Å². The number of carbonyl (C=O) groups is 2. The Morgan fingerprint density at radius 1 is 1.11 bits per heavy atom. The molecule has 1 aliphatic heterocycles. The van der Waals surface area contributed by atoms with Crippen LogP contribution in [0.3, 0.4) is 0 Å². The number of carbonyl (C=O) groups excluding carboxylic acids is 2. The molecule has 2 aromatic carbocycles.